The highest BCUT2D eigenvalue weighted by Gasteiger charge is 2.34. The molecule has 1 unspecified atom stereocenters. The second kappa shape index (κ2) is 4.14. The Morgan fingerprint density at radius 3 is 2.70 bits per heavy atom. The molecule has 1 heterocycles. The van der Waals surface area contributed by atoms with Gasteiger partial charge in [-0.25, -0.2) is 0 Å². The Bertz CT molecular complexity index is 783. The van der Waals surface area contributed by atoms with Gasteiger partial charge < -0.3 is 0 Å². The molecule has 8 heteroatoms. The van der Waals surface area contributed by atoms with E-state index in [1.54, 1.807) is 6.08 Å². The highest BCUT2D eigenvalue weighted by atomic mass is 16.6. The lowest BCUT2D eigenvalue weighted by molar-refractivity contribution is -0.517. The number of rotatable bonds is 2. The van der Waals surface area contributed by atoms with Crippen molar-refractivity contribution >= 4 is 17.5 Å². The molecule has 3 rings (SSSR count). The van der Waals surface area contributed by atoms with Crippen molar-refractivity contribution in [3.63, 3.8) is 0 Å². The minimum atomic E-state index is -1.24. The molecule has 0 spiro atoms. The molecule has 1 aliphatic carbocycles. The Labute approximate surface area is 111 Å². The average Bonchev–Trinajstić information content (AvgIpc) is 2.38. The van der Waals surface area contributed by atoms with Crippen molar-refractivity contribution in [1.29, 1.82) is 0 Å². The third-order valence-electron chi connectivity index (χ3n) is 3.40. The predicted molar refractivity (Wildman–Crippen MR) is 67.6 cm³/mol. The predicted octanol–water partition coefficient (Wildman–Crippen LogP) is 0.0759. The van der Waals surface area contributed by atoms with Crippen LogP contribution >= 0.6 is 0 Å². The van der Waals surface area contributed by atoms with Crippen molar-refractivity contribution in [3.05, 3.63) is 60.5 Å². The Morgan fingerprint density at radius 2 is 2.05 bits per heavy atom. The smallest absolute Gasteiger partial charge is 0.280 e. The second-order valence-electron chi connectivity index (χ2n) is 4.56. The van der Waals surface area contributed by atoms with Crippen LogP contribution in [0.25, 0.3) is 11.8 Å². The van der Waals surface area contributed by atoms with Crippen molar-refractivity contribution in [2.75, 3.05) is 6.54 Å². The standard InChI is InChI=1S/C12H9N3O5/c16-13-5-7-1-3-9(14(17)18)12-10(15(19)20)4-2-8(6-13)11(7)12/h1-5,10,16H,6H2. The minimum absolute atomic E-state index is 0.0827. The van der Waals surface area contributed by atoms with Crippen LogP contribution in [0.4, 0.5) is 5.69 Å². The monoisotopic (exact) mass is 275 g/mol. The fourth-order valence-corrected chi connectivity index (χ4v) is 2.62. The SMILES string of the molecule is O=[N+]([O-])c1ccc2c3c1C([N+](=O)[O-])C=CC=3CN(O)C=2. The van der Waals surface area contributed by atoms with Gasteiger partial charge in [0.15, 0.2) is 0 Å². The largest absolute Gasteiger partial charge is 0.289 e. The second-order valence-corrected chi connectivity index (χ2v) is 4.56. The quantitative estimate of drug-likeness (QED) is 0.604. The molecule has 8 nitrogen and oxygen atoms in total. The van der Waals surface area contributed by atoms with Gasteiger partial charge in [0.25, 0.3) is 11.7 Å². The van der Waals surface area contributed by atoms with Gasteiger partial charge in [-0.05, 0) is 17.7 Å². The third kappa shape index (κ3) is 1.66. The maximum absolute atomic E-state index is 11.1. The van der Waals surface area contributed by atoms with Gasteiger partial charge in [-0.3, -0.25) is 30.5 Å². The zero-order chi connectivity index (χ0) is 14.4. The first-order valence-corrected chi connectivity index (χ1v) is 5.78. The van der Waals surface area contributed by atoms with Crippen molar-refractivity contribution in [3.8, 4) is 0 Å². The molecule has 1 aliphatic heterocycles. The molecule has 0 saturated carbocycles. The Kier molecular flexibility index (Phi) is 2.54. The van der Waals surface area contributed by atoms with Crippen LogP contribution in [-0.2, 0) is 0 Å². The van der Waals surface area contributed by atoms with Crippen LogP contribution < -0.4 is 10.4 Å². The van der Waals surface area contributed by atoms with Crippen LogP contribution in [0.1, 0.15) is 11.6 Å². The van der Waals surface area contributed by atoms with Gasteiger partial charge in [0, 0.05) is 27.6 Å². The molecular weight excluding hydrogens is 266 g/mol. The fourth-order valence-electron chi connectivity index (χ4n) is 2.62. The van der Waals surface area contributed by atoms with E-state index in [4.69, 9.17) is 0 Å². The molecule has 1 aromatic carbocycles. The van der Waals surface area contributed by atoms with Gasteiger partial charge in [-0.1, -0.05) is 6.08 Å². The third-order valence-corrected chi connectivity index (χ3v) is 3.40. The summed E-state index contributed by atoms with van der Waals surface area (Å²) in [7, 11) is 0. The highest BCUT2D eigenvalue weighted by Crippen LogP contribution is 2.28. The van der Waals surface area contributed by atoms with Crippen LogP contribution in [0.2, 0.25) is 0 Å². The number of nitrogens with zero attached hydrogens (tertiary/aromatic N) is 3. The Balaban J connectivity index is 2.46. The number of hydrogen-bond acceptors (Lipinski definition) is 6. The fraction of sp³-hybridized carbons (Fsp3) is 0.167. The molecule has 2 aliphatic rings. The summed E-state index contributed by atoms with van der Waals surface area (Å²) < 4.78 is 0. The first-order valence-electron chi connectivity index (χ1n) is 5.78. The zero-order valence-corrected chi connectivity index (χ0v) is 10.1. The summed E-state index contributed by atoms with van der Waals surface area (Å²) in [6.45, 7) is 0.141. The lowest BCUT2D eigenvalue weighted by atomic mass is 9.91. The van der Waals surface area contributed by atoms with Gasteiger partial charge in [0.05, 0.1) is 11.5 Å². The molecule has 1 atom stereocenters. The van der Waals surface area contributed by atoms with E-state index in [9.17, 15) is 25.4 Å². The van der Waals surface area contributed by atoms with Gasteiger partial charge in [-0.15, -0.1) is 0 Å². The average molecular weight is 275 g/mol. The van der Waals surface area contributed by atoms with Crippen LogP contribution in [-0.4, -0.2) is 26.7 Å². The summed E-state index contributed by atoms with van der Waals surface area (Å²) in [6.07, 6.45) is 4.26. The van der Waals surface area contributed by atoms with Gasteiger partial charge in [-0.2, -0.15) is 0 Å². The molecule has 1 aromatic rings. The van der Waals surface area contributed by atoms with E-state index >= 15 is 0 Å². The number of nitro benzene ring substituents is 1. The molecule has 0 saturated heterocycles. The number of benzene rings is 1. The zero-order valence-electron chi connectivity index (χ0n) is 10.1. The lowest BCUT2D eigenvalue weighted by Gasteiger charge is -2.22. The van der Waals surface area contributed by atoms with E-state index in [-0.39, 0.29) is 17.8 Å². The van der Waals surface area contributed by atoms with Crippen molar-refractivity contribution in [1.82, 2.24) is 5.06 Å². The highest BCUT2D eigenvalue weighted by molar-refractivity contribution is 5.68. The van der Waals surface area contributed by atoms with Crippen LogP contribution in [0.15, 0.2) is 24.3 Å². The maximum Gasteiger partial charge on any atom is 0.280 e. The Hall–Kier alpha value is -2.74. The number of nitro groups is 2. The molecule has 1 N–H and O–H groups in total. The minimum Gasteiger partial charge on any atom is -0.289 e. The molecular formula is C12H9N3O5. The van der Waals surface area contributed by atoms with Crippen molar-refractivity contribution in [2.24, 2.45) is 0 Å². The molecule has 20 heavy (non-hydrogen) atoms. The van der Waals surface area contributed by atoms with E-state index in [2.05, 4.69) is 0 Å². The first-order chi connectivity index (χ1) is 9.49. The normalized spacial score (nSPS) is 19.4. The summed E-state index contributed by atoms with van der Waals surface area (Å²) in [5.74, 6) is 0. The van der Waals surface area contributed by atoms with Crippen molar-refractivity contribution in [2.45, 2.75) is 6.04 Å². The van der Waals surface area contributed by atoms with Crippen LogP contribution in [0.5, 0.6) is 0 Å². The number of hydroxylamine groups is 2. The van der Waals surface area contributed by atoms with Gasteiger partial charge in [0.1, 0.15) is 5.56 Å². The molecule has 0 bridgehead atoms. The summed E-state index contributed by atoms with van der Waals surface area (Å²) in [6, 6.07) is 1.47. The topological polar surface area (TPSA) is 110 Å². The molecule has 0 radical (unpaired) electrons. The molecule has 0 fully saturated rings. The van der Waals surface area contributed by atoms with E-state index < -0.39 is 15.9 Å². The van der Waals surface area contributed by atoms with Crippen molar-refractivity contribution < 1.29 is 15.1 Å². The van der Waals surface area contributed by atoms with Gasteiger partial charge >= 0.3 is 0 Å². The van der Waals surface area contributed by atoms with E-state index in [1.165, 1.54) is 24.4 Å². The van der Waals surface area contributed by atoms with E-state index in [1.807, 2.05) is 0 Å². The maximum atomic E-state index is 11.1. The summed E-state index contributed by atoms with van der Waals surface area (Å²) in [5.41, 5.74) is 0.438. The summed E-state index contributed by atoms with van der Waals surface area (Å²) in [4.78, 5) is 21.1. The van der Waals surface area contributed by atoms with Crippen LogP contribution in [0.3, 0.4) is 0 Å². The molecule has 0 aromatic heterocycles. The summed E-state index contributed by atoms with van der Waals surface area (Å²) in [5, 5.41) is 33.8. The van der Waals surface area contributed by atoms with E-state index in [0.29, 0.717) is 16.0 Å². The van der Waals surface area contributed by atoms with Crippen LogP contribution in [0, 0.1) is 20.2 Å². The number of hydrogen-bond donors (Lipinski definition) is 1. The Morgan fingerprint density at radius 1 is 1.30 bits per heavy atom. The lowest BCUT2D eigenvalue weighted by Crippen LogP contribution is -2.42. The van der Waals surface area contributed by atoms with E-state index in [0.717, 1.165) is 5.06 Å². The first kappa shape index (κ1) is 12.3. The summed E-state index contributed by atoms with van der Waals surface area (Å²) >= 11 is 0. The molecule has 102 valence electrons. The molecule has 0 amide bonds. The van der Waals surface area contributed by atoms with Gasteiger partial charge in [0.2, 0.25) is 0 Å².